The van der Waals surface area contributed by atoms with Crippen molar-refractivity contribution < 1.29 is 9.59 Å². The molecule has 1 aliphatic carbocycles. The van der Waals surface area contributed by atoms with Gasteiger partial charge in [-0.25, -0.2) is 0 Å². The second-order valence-electron chi connectivity index (χ2n) is 5.10. The van der Waals surface area contributed by atoms with E-state index in [0.717, 1.165) is 22.1 Å². The van der Waals surface area contributed by atoms with Crippen molar-refractivity contribution >= 4 is 34.8 Å². The summed E-state index contributed by atoms with van der Waals surface area (Å²) in [6, 6.07) is 4.13. The molecule has 1 aromatic heterocycles. The van der Waals surface area contributed by atoms with E-state index in [1.807, 2.05) is 17.0 Å². The average Bonchev–Trinajstić information content (AvgIpc) is 3.03. The van der Waals surface area contributed by atoms with Crippen molar-refractivity contribution in [2.24, 2.45) is 5.92 Å². The maximum Gasteiger partial charge on any atom is 0.225 e. The summed E-state index contributed by atoms with van der Waals surface area (Å²) < 4.78 is 0.722. The number of carbonyl (C=O) groups is 2. The number of thiophene rings is 1. The van der Waals surface area contributed by atoms with Crippen LogP contribution < -0.4 is 5.32 Å². The van der Waals surface area contributed by atoms with Crippen LogP contribution >= 0.6 is 22.9 Å². The van der Waals surface area contributed by atoms with Crippen LogP contribution in [-0.2, 0) is 16.1 Å². The van der Waals surface area contributed by atoms with Crippen molar-refractivity contribution in [3.8, 4) is 0 Å². The number of nitrogens with one attached hydrogen (secondary N) is 1. The van der Waals surface area contributed by atoms with Crippen LogP contribution in [0.5, 0.6) is 0 Å². The molecule has 3 rings (SSSR count). The fourth-order valence-corrected chi connectivity index (χ4v) is 3.44. The highest BCUT2D eigenvalue weighted by Crippen LogP contribution is 2.32. The summed E-state index contributed by atoms with van der Waals surface area (Å²) in [5.41, 5.74) is 0. The van der Waals surface area contributed by atoms with Gasteiger partial charge in [-0.1, -0.05) is 11.6 Å². The lowest BCUT2D eigenvalue weighted by Crippen LogP contribution is -2.33. The SMILES string of the molecule is O=C(NCc1ccc(Cl)s1)[C@@H]1CC(=O)N(C2CC2)C1. The summed E-state index contributed by atoms with van der Waals surface area (Å²) in [4.78, 5) is 26.7. The van der Waals surface area contributed by atoms with Crippen molar-refractivity contribution in [2.75, 3.05) is 6.54 Å². The van der Waals surface area contributed by atoms with E-state index in [1.54, 1.807) is 0 Å². The molecule has 2 heterocycles. The Bertz CT molecular complexity index is 512. The van der Waals surface area contributed by atoms with Crippen molar-refractivity contribution in [3.05, 3.63) is 21.3 Å². The van der Waals surface area contributed by atoms with Gasteiger partial charge in [-0.2, -0.15) is 0 Å². The van der Waals surface area contributed by atoms with Crippen LogP contribution in [0.25, 0.3) is 0 Å². The molecule has 2 amide bonds. The molecule has 1 saturated carbocycles. The van der Waals surface area contributed by atoms with Crippen LogP contribution in [0.4, 0.5) is 0 Å². The molecule has 1 aliphatic heterocycles. The summed E-state index contributed by atoms with van der Waals surface area (Å²) >= 11 is 7.30. The molecule has 1 N–H and O–H groups in total. The van der Waals surface area contributed by atoms with E-state index in [0.29, 0.717) is 25.6 Å². The molecular weight excluding hydrogens is 284 g/mol. The van der Waals surface area contributed by atoms with E-state index < -0.39 is 0 Å². The molecule has 1 atom stereocenters. The van der Waals surface area contributed by atoms with Gasteiger partial charge in [0.2, 0.25) is 11.8 Å². The zero-order valence-corrected chi connectivity index (χ0v) is 12.0. The first kappa shape index (κ1) is 12.9. The highest BCUT2D eigenvalue weighted by Gasteiger charge is 2.41. The van der Waals surface area contributed by atoms with Crippen molar-refractivity contribution in [1.82, 2.24) is 10.2 Å². The fraction of sp³-hybridized carbons (Fsp3) is 0.538. The van der Waals surface area contributed by atoms with Crippen molar-refractivity contribution in [1.29, 1.82) is 0 Å². The minimum atomic E-state index is -0.191. The predicted octanol–water partition coefficient (Wildman–Crippen LogP) is 2.03. The predicted molar refractivity (Wildman–Crippen MR) is 74.0 cm³/mol. The number of rotatable bonds is 4. The number of hydrogen-bond donors (Lipinski definition) is 1. The van der Waals surface area contributed by atoms with E-state index in [1.165, 1.54) is 11.3 Å². The van der Waals surface area contributed by atoms with Crippen LogP contribution in [0.15, 0.2) is 12.1 Å². The first-order valence-corrected chi connectivity index (χ1v) is 7.64. The van der Waals surface area contributed by atoms with Gasteiger partial charge in [0.05, 0.1) is 16.8 Å². The minimum absolute atomic E-state index is 0.0268. The van der Waals surface area contributed by atoms with Gasteiger partial charge in [0.15, 0.2) is 0 Å². The Hall–Kier alpha value is -1.07. The Labute approximate surface area is 120 Å². The third-order valence-electron chi connectivity index (χ3n) is 3.58. The normalized spacial score (nSPS) is 22.9. The van der Waals surface area contributed by atoms with E-state index in [2.05, 4.69) is 5.32 Å². The quantitative estimate of drug-likeness (QED) is 0.924. The maximum absolute atomic E-state index is 12.0. The van der Waals surface area contributed by atoms with Crippen molar-refractivity contribution in [2.45, 2.75) is 31.8 Å². The van der Waals surface area contributed by atoms with E-state index in [-0.39, 0.29) is 17.7 Å². The number of nitrogens with zero attached hydrogens (tertiary/aromatic N) is 1. The number of hydrogen-bond acceptors (Lipinski definition) is 3. The number of likely N-dealkylation sites (tertiary alicyclic amines) is 1. The molecule has 0 unspecified atom stereocenters. The molecule has 2 aliphatic rings. The van der Waals surface area contributed by atoms with Gasteiger partial charge < -0.3 is 10.2 Å². The first-order chi connectivity index (χ1) is 9.13. The monoisotopic (exact) mass is 298 g/mol. The van der Waals surface area contributed by atoms with Crippen LogP contribution in [0.3, 0.4) is 0 Å². The summed E-state index contributed by atoms with van der Waals surface area (Å²) in [7, 11) is 0. The largest absolute Gasteiger partial charge is 0.351 e. The van der Waals surface area contributed by atoms with Gasteiger partial charge in [0.1, 0.15) is 0 Å². The van der Waals surface area contributed by atoms with Crippen molar-refractivity contribution in [3.63, 3.8) is 0 Å². The topological polar surface area (TPSA) is 49.4 Å². The Morgan fingerprint density at radius 3 is 2.89 bits per heavy atom. The first-order valence-electron chi connectivity index (χ1n) is 6.45. The van der Waals surface area contributed by atoms with E-state index in [9.17, 15) is 9.59 Å². The van der Waals surface area contributed by atoms with Gasteiger partial charge in [-0.15, -0.1) is 11.3 Å². The smallest absolute Gasteiger partial charge is 0.225 e. The van der Waals surface area contributed by atoms with Crippen LogP contribution in [0.1, 0.15) is 24.1 Å². The number of carbonyl (C=O) groups excluding carboxylic acids is 2. The Morgan fingerprint density at radius 1 is 1.47 bits per heavy atom. The summed E-state index contributed by atoms with van der Waals surface area (Å²) in [5.74, 6) is -0.0913. The zero-order chi connectivity index (χ0) is 13.4. The van der Waals surface area contributed by atoms with Gasteiger partial charge in [-0.05, 0) is 25.0 Å². The van der Waals surface area contributed by atoms with Gasteiger partial charge >= 0.3 is 0 Å². The molecule has 2 fully saturated rings. The van der Waals surface area contributed by atoms with E-state index >= 15 is 0 Å². The second kappa shape index (κ2) is 5.13. The van der Waals surface area contributed by atoms with E-state index in [4.69, 9.17) is 11.6 Å². The molecule has 19 heavy (non-hydrogen) atoms. The number of amides is 2. The second-order valence-corrected chi connectivity index (χ2v) is 6.90. The van der Waals surface area contributed by atoms with Crippen LogP contribution in [0, 0.1) is 5.92 Å². The standard InChI is InChI=1S/C13H15ClN2O2S/c14-11-4-3-10(19-11)6-15-13(18)8-5-12(17)16(7-8)9-1-2-9/h3-4,8-9H,1-2,5-7H2,(H,15,18)/t8-/m1/s1. The van der Waals surface area contributed by atoms with Crippen LogP contribution in [0.2, 0.25) is 4.34 Å². The van der Waals surface area contributed by atoms with Crippen LogP contribution in [-0.4, -0.2) is 29.3 Å². The fourth-order valence-electron chi connectivity index (χ4n) is 2.41. The molecule has 1 aromatic rings. The molecule has 0 radical (unpaired) electrons. The molecule has 102 valence electrons. The molecule has 0 bridgehead atoms. The lowest BCUT2D eigenvalue weighted by atomic mass is 10.1. The third-order valence-corrected chi connectivity index (χ3v) is 4.81. The molecule has 0 aromatic carbocycles. The molecule has 0 spiro atoms. The highest BCUT2D eigenvalue weighted by atomic mass is 35.5. The summed E-state index contributed by atoms with van der Waals surface area (Å²) in [6.45, 7) is 1.07. The molecular formula is C13H15ClN2O2S. The average molecular weight is 299 g/mol. The molecule has 6 heteroatoms. The minimum Gasteiger partial charge on any atom is -0.351 e. The summed E-state index contributed by atoms with van der Waals surface area (Å²) in [5, 5.41) is 2.89. The summed E-state index contributed by atoms with van der Waals surface area (Å²) in [6.07, 6.45) is 2.54. The van der Waals surface area contributed by atoms with Gasteiger partial charge in [0, 0.05) is 23.9 Å². The molecule has 1 saturated heterocycles. The zero-order valence-electron chi connectivity index (χ0n) is 10.4. The lowest BCUT2D eigenvalue weighted by molar-refractivity contribution is -0.129. The maximum atomic E-state index is 12.0. The lowest BCUT2D eigenvalue weighted by Gasteiger charge is -2.15. The third kappa shape index (κ3) is 2.92. The number of halogens is 1. The van der Waals surface area contributed by atoms with Gasteiger partial charge in [0.25, 0.3) is 0 Å². The Kier molecular flexibility index (Phi) is 3.50. The Balaban J connectivity index is 1.52. The highest BCUT2D eigenvalue weighted by molar-refractivity contribution is 7.16. The Morgan fingerprint density at radius 2 is 2.26 bits per heavy atom. The van der Waals surface area contributed by atoms with Gasteiger partial charge in [-0.3, -0.25) is 9.59 Å². The molecule has 4 nitrogen and oxygen atoms in total.